The Morgan fingerprint density at radius 2 is 1.91 bits per heavy atom. The standard InChI is InChI=1S/C19H23NO2S/c1-15-7-6-10-17(11-15)18(21)13-20(19(22)14-23-2)12-16-8-4-3-5-9-16/h3-11,18,21H,12-14H2,1-2H3/t18-/m0/s1. The molecule has 1 N–H and O–H groups in total. The minimum Gasteiger partial charge on any atom is -0.387 e. The highest BCUT2D eigenvalue weighted by molar-refractivity contribution is 7.99. The number of thioether (sulfide) groups is 1. The zero-order valence-electron chi connectivity index (χ0n) is 13.6. The predicted octanol–water partition coefficient (Wildman–Crippen LogP) is 3.42. The Kier molecular flexibility index (Phi) is 6.68. The molecule has 2 rings (SSSR count). The third-order valence-corrected chi connectivity index (χ3v) is 4.19. The first-order valence-electron chi connectivity index (χ1n) is 7.65. The number of amides is 1. The molecule has 0 saturated carbocycles. The SMILES string of the molecule is CSCC(=O)N(Cc1ccccc1)C[C@H](O)c1cccc(C)c1. The normalized spacial score (nSPS) is 12.0. The Bertz CT molecular complexity index is 630. The molecular formula is C19H23NO2S. The summed E-state index contributed by atoms with van der Waals surface area (Å²) >= 11 is 1.50. The second kappa shape index (κ2) is 8.75. The van der Waals surface area contributed by atoms with Crippen molar-refractivity contribution >= 4 is 17.7 Å². The van der Waals surface area contributed by atoms with Gasteiger partial charge in [-0.1, -0.05) is 60.2 Å². The van der Waals surface area contributed by atoms with Crippen molar-refractivity contribution in [3.63, 3.8) is 0 Å². The van der Waals surface area contributed by atoms with Gasteiger partial charge in [0.05, 0.1) is 18.4 Å². The van der Waals surface area contributed by atoms with Crippen molar-refractivity contribution in [2.75, 3.05) is 18.6 Å². The van der Waals surface area contributed by atoms with E-state index in [4.69, 9.17) is 0 Å². The number of hydrogen-bond donors (Lipinski definition) is 1. The Labute approximate surface area is 142 Å². The molecule has 0 aliphatic heterocycles. The summed E-state index contributed by atoms with van der Waals surface area (Å²) in [5.41, 5.74) is 3.02. The largest absolute Gasteiger partial charge is 0.387 e. The van der Waals surface area contributed by atoms with Crippen molar-refractivity contribution in [1.82, 2.24) is 4.90 Å². The lowest BCUT2D eigenvalue weighted by Gasteiger charge is -2.25. The summed E-state index contributed by atoms with van der Waals surface area (Å²) in [5.74, 6) is 0.473. The number of aryl methyl sites for hydroxylation is 1. The van der Waals surface area contributed by atoms with Crippen LogP contribution in [0.3, 0.4) is 0 Å². The van der Waals surface area contributed by atoms with Crippen LogP contribution in [-0.2, 0) is 11.3 Å². The van der Waals surface area contributed by atoms with E-state index in [2.05, 4.69) is 0 Å². The van der Waals surface area contributed by atoms with E-state index < -0.39 is 6.10 Å². The van der Waals surface area contributed by atoms with Gasteiger partial charge in [-0.05, 0) is 24.3 Å². The van der Waals surface area contributed by atoms with E-state index in [0.29, 0.717) is 18.8 Å². The number of benzene rings is 2. The molecule has 23 heavy (non-hydrogen) atoms. The van der Waals surface area contributed by atoms with Gasteiger partial charge in [-0.2, -0.15) is 11.8 Å². The molecule has 3 nitrogen and oxygen atoms in total. The number of carbonyl (C=O) groups is 1. The van der Waals surface area contributed by atoms with Crippen LogP contribution >= 0.6 is 11.8 Å². The van der Waals surface area contributed by atoms with Crippen LogP contribution in [0.15, 0.2) is 54.6 Å². The molecule has 1 amide bonds. The lowest BCUT2D eigenvalue weighted by atomic mass is 10.1. The van der Waals surface area contributed by atoms with Crippen LogP contribution < -0.4 is 0 Å². The molecule has 2 aromatic rings. The summed E-state index contributed by atoms with van der Waals surface area (Å²) in [4.78, 5) is 14.1. The number of nitrogens with zero attached hydrogens (tertiary/aromatic N) is 1. The van der Waals surface area contributed by atoms with Gasteiger partial charge in [-0.15, -0.1) is 0 Å². The smallest absolute Gasteiger partial charge is 0.232 e. The molecule has 0 saturated heterocycles. The molecule has 0 radical (unpaired) electrons. The molecule has 0 fully saturated rings. The van der Waals surface area contributed by atoms with Gasteiger partial charge in [0, 0.05) is 6.54 Å². The van der Waals surface area contributed by atoms with Gasteiger partial charge in [0.15, 0.2) is 0 Å². The highest BCUT2D eigenvalue weighted by Crippen LogP contribution is 2.18. The number of carbonyl (C=O) groups excluding carboxylic acids is 1. The second-order valence-corrected chi connectivity index (χ2v) is 6.49. The van der Waals surface area contributed by atoms with Crippen molar-refractivity contribution in [3.8, 4) is 0 Å². The van der Waals surface area contributed by atoms with Crippen LogP contribution in [0.2, 0.25) is 0 Å². The van der Waals surface area contributed by atoms with Gasteiger partial charge in [-0.3, -0.25) is 4.79 Å². The minimum absolute atomic E-state index is 0.0491. The molecule has 122 valence electrons. The molecule has 0 aliphatic carbocycles. The predicted molar refractivity (Wildman–Crippen MR) is 96.4 cm³/mol. The van der Waals surface area contributed by atoms with Crippen LogP contribution in [0.5, 0.6) is 0 Å². The highest BCUT2D eigenvalue weighted by atomic mass is 32.2. The Balaban J connectivity index is 2.12. The zero-order valence-corrected chi connectivity index (χ0v) is 14.4. The van der Waals surface area contributed by atoms with E-state index in [9.17, 15) is 9.90 Å². The van der Waals surface area contributed by atoms with E-state index in [1.807, 2.05) is 67.8 Å². The third-order valence-electron chi connectivity index (χ3n) is 3.66. The number of rotatable bonds is 7. The summed E-state index contributed by atoms with van der Waals surface area (Å²) in [6.45, 7) is 2.82. The molecule has 0 aromatic heterocycles. The van der Waals surface area contributed by atoms with Gasteiger partial charge in [0.25, 0.3) is 0 Å². The van der Waals surface area contributed by atoms with Gasteiger partial charge in [-0.25, -0.2) is 0 Å². The first-order valence-corrected chi connectivity index (χ1v) is 9.05. The average molecular weight is 329 g/mol. The van der Waals surface area contributed by atoms with Crippen molar-refractivity contribution in [1.29, 1.82) is 0 Å². The zero-order chi connectivity index (χ0) is 16.7. The molecule has 4 heteroatoms. The Hall–Kier alpha value is -1.78. The van der Waals surface area contributed by atoms with E-state index in [0.717, 1.165) is 16.7 Å². The Morgan fingerprint density at radius 1 is 1.17 bits per heavy atom. The van der Waals surface area contributed by atoms with Crippen LogP contribution in [0.25, 0.3) is 0 Å². The summed E-state index contributed by atoms with van der Waals surface area (Å²) in [5, 5.41) is 10.5. The van der Waals surface area contributed by atoms with Gasteiger partial charge in [0.2, 0.25) is 5.91 Å². The molecule has 0 unspecified atom stereocenters. The summed E-state index contributed by atoms with van der Waals surface area (Å²) in [6, 6.07) is 17.7. The molecule has 0 aliphatic rings. The number of aliphatic hydroxyl groups is 1. The van der Waals surface area contributed by atoms with Crippen molar-refractivity contribution in [2.45, 2.75) is 19.6 Å². The average Bonchev–Trinajstić information content (AvgIpc) is 2.55. The van der Waals surface area contributed by atoms with E-state index in [1.54, 1.807) is 4.90 Å². The fourth-order valence-electron chi connectivity index (χ4n) is 2.46. The molecule has 1 atom stereocenters. The molecule has 0 spiro atoms. The maximum Gasteiger partial charge on any atom is 0.232 e. The van der Waals surface area contributed by atoms with E-state index >= 15 is 0 Å². The maximum absolute atomic E-state index is 12.4. The molecule has 2 aromatic carbocycles. The minimum atomic E-state index is -0.676. The summed E-state index contributed by atoms with van der Waals surface area (Å²) < 4.78 is 0. The molecule has 0 bridgehead atoms. The summed E-state index contributed by atoms with van der Waals surface area (Å²) in [6.07, 6.45) is 1.24. The second-order valence-electron chi connectivity index (χ2n) is 5.62. The lowest BCUT2D eigenvalue weighted by Crippen LogP contribution is -2.35. The lowest BCUT2D eigenvalue weighted by molar-refractivity contribution is -0.130. The summed E-state index contributed by atoms with van der Waals surface area (Å²) in [7, 11) is 0. The fourth-order valence-corrected chi connectivity index (χ4v) is 2.89. The maximum atomic E-state index is 12.4. The number of aliphatic hydroxyl groups excluding tert-OH is 1. The van der Waals surface area contributed by atoms with E-state index in [1.165, 1.54) is 11.8 Å². The molecular weight excluding hydrogens is 306 g/mol. The van der Waals surface area contributed by atoms with Crippen molar-refractivity contribution in [3.05, 3.63) is 71.3 Å². The Morgan fingerprint density at radius 3 is 2.57 bits per heavy atom. The topological polar surface area (TPSA) is 40.5 Å². The van der Waals surface area contributed by atoms with Crippen LogP contribution in [0, 0.1) is 6.92 Å². The van der Waals surface area contributed by atoms with Crippen molar-refractivity contribution < 1.29 is 9.90 Å². The third kappa shape index (κ3) is 5.41. The quantitative estimate of drug-likeness (QED) is 0.846. The fraction of sp³-hybridized carbons (Fsp3) is 0.316. The monoisotopic (exact) mass is 329 g/mol. The van der Waals surface area contributed by atoms with Crippen LogP contribution in [0.1, 0.15) is 22.8 Å². The number of hydrogen-bond acceptors (Lipinski definition) is 3. The first-order chi connectivity index (χ1) is 11.1. The highest BCUT2D eigenvalue weighted by Gasteiger charge is 2.18. The van der Waals surface area contributed by atoms with Crippen molar-refractivity contribution in [2.24, 2.45) is 0 Å². The van der Waals surface area contributed by atoms with E-state index in [-0.39, 0.29) is 5.91 Å². The first kappa shape index (κ1) is 17.6. The van der Waals surface area contributed by atoms with Crippen LogP contribution in [-0.4, -0.2) is 34.5 Å². The van der Waals surface area contributed by atoms with Crippen LogP contribution in [0.4, 0.5) is 0 Å². The van der Waals surface area contributed by atoms with Gasteiger partial charge < -0.3 is 10.0 Å². The molecule has 0 heterocycles. The van der Waals surface area contributed by atoms with Gasteiger partial charge >= 0.3 is 0 Å². The van der Waals surface area contributed by atoms with Gasteiger partial charge in [0.1, 0.15) is 0 Å².